The van der Waals surface area contributed by atoms with Crippen molar-refractivity contribution in [2.24, 2.45) is 0 Å². The van der Waals surface area contributed by atoms with Gasteiger partial charge < -0.3 is 14.8 Å². The van der Waals surface area contributed by atoms with Crippen LogP contribution in [0.4, 0.5) is 11.6 Å². The first kappa shape index (κ1) is 15.1. The van der Waals surface area contributed by atoms with Crippen LogP contribution in [0, 0.1) is 10.1 Å². The Hall–Kier alpha value is -1.96. The molecule has 1 N–H and O–H groups in total. The van der Waals surface area contributed by atoms with Gasteiger partial charge in [-0.25, -0.2) is 4.98 Å². The molecular weight excluding hydrogens is 252 g/mol. The van der Waals surface area contributed by atoms with Crippen molar-refractivity contribution in [1.82, 2.24) is 9.97 Å². The summed E-state index contributed by atoms with van der Waals surface area (Å²) < 4.78 is 10.3. The van der Waals surface area contributed by atoms with E-state index < -0.39 is 4.92 Å². The number of hydrogen-bond donors (Lipinski definition) is 1. The third kappa shape index (κ3) is 4.66. The molecule has 1 rings (SSSR count). The molecule has 0 aromatic carbocycles. The number of nitrogens with zero attached hydrogens (tertiary/aromatic N) is 3. The van der Waals surface area contributed by atoms with Gasteiger partial charge in [-0.15, -0.1) is 0 Å². The van der Waals surface area contributed by atoms with Gasteiger partial charge in [-0.05, 0) is 13.3 Å². The fourth-order valence-corrected chi connectivity index (χ4v) is 1.35. The second-order valence-electron chi connectivity index (χ2n) is 3.95. The van der Waals surface area contributed by atoms with Gasteiger partial charge >= 0.3 is 5.69 Å². The molecule has 106 valence electrons. The highest BCUT2D eigenvalue weighted by Gasteiger charge is 2.20. The van der Waals surface area contributed by atoms with E-state index in [0.29, 0.717) is 19.1 Å². The zero-order valence-electron chi connectivity index (χ0n) is 11.3. The van der Waals surface area contributed by atoms with Crippen LogP contribution in [0.25, 0.3) is 0 Å². The Labute approximate surface area is 111 Å². The predicted octanol–water partition coefficient (Wildman–Crippen LogP) is 1.62. The Kier molecular flexibility index (Phi) is 5.94. The van der Waals surface area contributed by atoms with E-state index in [9.17, 15) is 10.1 Å². The van der Waals surface area contributed by atoms with E-state index in [1.54, 1.807) is 6.92 Å². The molecule has 0 saturated heterocycles. The van der Waals surface area contributed by atoms with Gasteiger partial charge in [-0.2, -0.15) is 4.98 Å². The third-order valence-corrected chi connectivity index (χ3v) is 2.18. The summed E-state index contributed by atoms with van der Waals surface area (Å²) in [6.45, 7) is 4.74. The average molecular weight is 270 g/mol. The summed E-state index contributed by atoms with van der Waals surface area (Å²) in [6.07, 6.45) is 1.70. The van der Waals surface area contributed by atoms with Crippen molar-refractivity contribution >= 4 is 11.6 Å². The van der Waals surface area contributed by atoms with Crippen molar-refractivity contribution in [3.8, 4) is 5.88 Å². The van der Waals surface area contributed by atoms with Crippen LogP contribution in [0.15, 0.2) is 6.20 Å². The maximum Gasteiger partial charge on any atom is 0.349 e. The Bertz CT molecular complexity index is 427. The number of methoxy groups -OCH3 is 1. The Morgan fingerprint density at radius 3 is 2.89 bits per heavy atom. The quantitative estimate of drug-likeness (QED) is 0.566. The van der Waals surface area contributed by atoms with Crippen molar-refractivity contribution in [3.63, 3.8) is 0 Å². The lowest BCUT2D eigenvalue weighted by Gasteiger charge is -2.13. The number of ether oxygens (including phenoxy) is 2. The van der Waals surface area contributed by atoms with Crippen molar-refractivity contribution in [2.45, 2.75) is 26.4 Å². The van der Waals surface area contributed by atoms with E-state index >= 15 is 0 Å². The van der Waals surface area contributed by atoms with E-state index in [1.165, 1.54) is 7.11 Å². The number of anilines is 1. The molecule has 0 saturated carbocycles. The molecule has 0 amide bonds. The molecule has 0 fully saturated rings. The minimum absolute atomic E-state index is 0.0526. The first-order chi connectivity index (χ1) is 9.08. The maximum atomic E-state index is 10.9. The molecule has 0 radical (unpaired) electrons. The Morgan fingerprint density at radius 1 is 1.58 bits per heavy atom. The van der Waals surface area contributed by atoms with Crippen LogP contribution in [0.5, 0.6) is 5.88 Å². The van der Waals surface area contributed by atoms with E-state index in [1.807, 2.05) is 6.92 Å². The predicted molar refractivity (Wildman–Crippen MR) is 69.4 cm³/mol. The molecule has 0 aliphatic carbocycles. The molecule has 0 spiro atoms. The Balaban J connectivity index is 2.91. The molecule has 1 aromatic heterocycles. The highest BCUT2D eigenvalue weighted by atomic mass is 16.6. The van der Waals surface area contributed by atoms with E-state index in [2.05, 4.69) is 15.3 Å². The number of nitro groups is 1. The monoisotopic (exact) mass is 270 g/mol. The summed E-state index contributed by atoms with van der Waals surface area (Å²) in [5.74, 6) is 0.259. The fraction of sp³-hybridized carbons (Fsp3) is 0.636. The lowest BCUT2D eigenvalue weighted by Crippen LogP contribution is -2.20. The number of hydrogen-bond acceptors (Lipinski definition) is 7. The second-order valence-corrected chi connectivity index (χ2v) is 3.95. The molecule has 8 heteroatoms. The maximum absolute atomic E-state index is 10.9. The van der Waals surface area contributed by atoms with E-state index in [0.717, 1.165) is 12.6 Å². The normalized spacial score (nSPS) is 11.9. The summed E-state index contributed by atoms with van der Waals surface area (Å²) in [5.41, 5.74) is -0.259. The Morgan fingerprint density at radius 2 is 2.32 bits per heavy atom. The zero-order valence-corrected chi connectivity index (χ0v) is 11.3. The SMILES string of the molecule is CCCNc1ncc([N+](=O)[O-])c(OC(C)COC)n1. The molecule has 1 heterocycles. The number of rotatable bonds is 8. The molecule has 0 bridgehead atoms. The highest BCUT2D eigenvalue weighted by molar-refractivity contribution is 5.43. The molecule has 1 atom stereocenters. The summed E-state index contributed by atoms with van der Waals surface area (Å²) in [7, 11) is 1.53. The van der Waals surface area contributed by atoms with Crippen LogP contribution in [-0.2, 0) is 4.74 Å². The van der Waals surface area contributed by atoms with Crippen molar-refractivity contribution in [3.05, 3.63) is 16.3 Å². The minimum Gasteiger partial charge on any atom is -0.467 e. The van der Waals surface area contributed by atoms with Crippen molar-refractivity contribution < 1.29 is 14.4 Å². The zero-order chi connectivity index (χ0) is 14.3. The van der Waals surface area contributed by atoms with Gasteiger partial charge in [0.15, 0.2) is 0 Å². The second kappa shape index (κ2) is 7.47. The topological polar surface area (TPSA) is 99.4 Å². The van der Waals surface area contributed by atoms with Crippen LogP contribution in [0.1, 0.15) is 20.3 Å². The molecule has 0 aliphatic heterocycles. The van der Waals surface area contributed by atoms with E-state index in [-0.39, 0.29) is 17.7 Å². The van der Waals surface area contributed by atoms with Crippen LogP contribution >= 0.6 is 0 Å². The van der Waals surface area contributed by atoms with Crippen LogP contribution in [0.2, 0.25) is 0 Å². The number of aromatic nitrogens is 2. The van der Waals surface area contributed by atoms with Gasteiger partial charge in [-0.3, -0.25) is 10.1 Å². The molecular formula is C11H18N4O4. The smallest absolute Gasteiger partial charge is 0.349 e. The van der Waals surface area contributed by atoms with Gasteiger partial charge in [0.2, 0.25) is 5.95 Å². The standard InChI is InChI=1S/C11H18N4O4/c1-4-5-12-11-13-6-9(15(16)17)10(14-11)19-8(2)7-18-3/h6,8H,4-5,7H2,1-3H3,(H,12,13,14). The summed E-state index contributed by atoms with van der Waals surface area (Å²) in [5, 5.41) is 13.8. The van der Waals surface area contributed by atoms with Crippen LogP contribution in [0.3, 0.4) is 0 Å². The van der Waals surface area contributed by atoms with E-state index in [4.69, 9.17) is 9.47 Å². The summed E-state index contributed by atoms with van der Waals surface area (Å²) in [6, 6.07) is 0. The average Bonchev–Trinajstić information content (AvgIpc) is 2.36. The minimum atomic E-state index is -0.571. The van der Waals surface area contributed by atoms with Gasteiger partial charge in [0.05, 0.1) is 11.5 Å². The van der Waals surface area contributed by atoms with Gasteiger partial charge in [0.1, 0.15) is 12.3 Å². The van der Waals surface area contributed by atoms with Gasteiger partial charge in [0.25, 0.3) is 5.88 Å². The van der Waals surface area contributed by atoms with Crippen molar-refractivity contribution in [2.75, 3.05) is 25.6 Å². The lowest BCUT2D eigenvalue weighted by molar-refractivity contribution is -0.386. The number of nitrogens with one attached hydrogen (secondary N) is 1. The lowest BCUT2D eigenvalue weighted by atomic mass is 10.4. The molecule has 8 nitrogen and oxygen atoms in total. The molecule has 1 unspecified atom stereocenters. The van der Waals surface area contributed by atoms with Gasteiger partial charge in [-0.1, -0.05) is 6.92 Å². The third-order valence-electron chi connectivity index (χ3n) is 2.18. The molecule has 19 heavy (non-hydrogen) atoms. The summed E-state index contributed by atoms with van der Waals surface area (Å²) >= 11 is 0. The molecule has 1 aromatic rings. The van der Waals surface area contributed by atoms with Crippen LogP contribution < -0.4 is 10.1 Å². The molecule has 0 aliphatic rings. The van der Waals surface area contributed by atoms with Crippen LogP contribution in [-0.4, -0.2) is 41.3 Å². The largest absolute Gasteiger partial charge is 0.467 e. The fourth-order valence-electron chi connectivity index (χ4n) is 1.35. The highest BCUT2D eigenvalue weighted by Crippen LogP contribution is 2.25. The summed E-state index contributed by atoms with van der Waals surface area (Å²) in [4.78, 5) is 18.2. The first-order valence-corrected chi connectivity index (χ1v) is 5.99. The van der Waals surface area contributed by atoms with Crippen molar-refractivity contribution in [1.29, 1.82) is 0 Å². The first-order valence-electron chi connectivity index (χ1n) is 5.99. The van der Waals surface area contributed by atoms with Gasteiger partial charge in [0, 0.05) is 13.7 Å².